The van der Waals surface area contributed by atoms with E-state index in [2.05, 4.69) is 0 Å². The number of nitrogens with zero attached hydrogens (tertiary/aromatic N) is 3. The van der Waals surface area contributed by atoms with Crippen molar-refractivity contribution in [2.24, 2.45) is 22.9 Å². The van der Waals surface area contributed by atoms with Gasteiger partial charge < -0.3 is 14.7 Å². The Bertz CT molecular complexity index is 1370. The largest absolute Gasteiger partial charge is 0.393 e. The number of β-lactam (4-membered cyclic amide) rings is 1. The smallest absolute Gasteiger partial charge is 0.362 e. The average Bonchev–Trinajstić information content (AvgIpc) is 3.40. The molecule has 0 aromatic heterocycles. The van der Waals surface area contributed by atoms with Gasteiger partial charge in [0.2, 0.25) is 11.8 Å². The summed E-state index contributed by atoms with van der Waals surface area (Å²) in [4.78, 5) is 64.2. The van der Waals surface area contributed by atoms with E-state index in [9.17, 15) is 42.8 Å². The molecule has 2 amide bonds. The third-order valence-corrected chi connectivity index (χ3v) is 7.77. The highest BCUT2D eigenvalue weighted by molar-refractivity contribution is 7.87. The predicted octanol–water partition coefficient (Wildman–Crippen LogP) is -0.969. The van der Waals surface area contributed by atoms with Gasteiger partial charge in [-0.25, -0.2) is 19.5 Å². The maximum atomic E-state index is 13.2. The van der Waals surface area contributed by atoms with E-state index in [1.54, 1.807) is 16.5 Å². The standard InChI is InChI=1S/C23H27N5O10S/c1-11-16(10-26-8-7-14(9-26)20(30)25-39(24,36)37)19(27-18(11)17(12(2)29)21(27)31)23(33)38-22(32)13-3-5-15(6-4-13)28(34)35/h3-6,11-12,14,17-18,29H,7-10H2,1-2H3,(H,25,30)(H2,24,36,37)/t11-,12+,14-,17+,18+/m0/s1. The molecule has 0 spiro atoms. The Kier molecular flexibility index (Phi) is 7.57. The van der Waals surface area contributed by atoms with E-state index in [0.717, 1.165) is 24.3 Å². The van der Waals surface area contributed by atoms with Gasteiger partial charge in [0.25, 0.3) is 15.9 Å². The van der Waals surface area contributed by atoms with Gasteiger partial charge in [0, 0.05) is 31.1 Å². The third kappa shape index (κ3) is 5.54. The highest BCUT2D eigenvalue weighted by Gasteiger charge is 2.60. The number of aliphatic hydroxyl groups excluding tert-OH is 1. The number of likely N-dealkylation sites (tertiary alicyclic amines) is 1. The summed E-state index contributed by atoms with van der Waals surface area (Å²) in [5.41, 5.74) is -0.0429. The summed E-state index contributed by atoms with van der Waals surface area (Å²) < 4.78 is 29.2. The van der Waals surface area contributed by atoms with Crippen LogP contribution in [-0.4, -0.2) is 83.8 Å². The van der Waals surface area contributed by atoms with Crippen molar-refractivity contribution in [2.75, 3.05) is 19.6 Å². The minimum atomic E-state index is -4.22. The quantitative estimate of drug-likeness (QED) is 0.114. The zero-order valence-corrected chi connectivity index (χ0v) is 21.8. The molecular formula is C23H27N5O10S. The van der Waals surface area contributed by atoms with Crippen molar-refractivity contribution in [3.05, 3.63) is 51.2 Å². The number of fused-ring (bicyclic) bond motifs is 1. The first-order chi connectivity index (χ1) is 18.2. The van der Waals surface area contributed by atoms with E-state index in [1.807, 2.05) is 0 Å². The fourth-order valence-corrected chi connectivity index (χ4v) is 5.85. The number of rotatable bonds is 8. The van der Waals surface area contributed by atoms with E-state index in [-0.39, 0.29) is 30.0 Å². The summed E-state index contributed by atoms with van der Waals surface area (Å²) in [6.45, 7) is 3.88. The molecule has 210 valence electrons. The Labute approximate surface area is 222 Å². The second-order valence-corrected chi connectivity index (χ2v) is 11.1. The van der Waals surface area contributed by atoms with E-state index in [1.165, 1.54) is 11.8 Å². The van der Waals surface area contributed by atoms with Crippen molar-refractivity contribution in [3.8, 4) is 0 Å². The van der Waals surface area contributed by atoms with Crippen LogP contribution in [0.3, 0.4) is 0 Å². The van der Waals surface area contributed by atoms with Crippen LogP contribution in [0.1, 0.15) is 30.6 Å². The van der Waals surface area contributed by atoms with Crippen LogP contribution < -0.4 is 9.86 Å². The molecule has 0 saturated carbocycles. The van der Waals surface area contributed by atoms with Crippen LogP contribution in [-0.2, 0) is 29.3 Å². The number of non-ortho nitro benzene ring substituents is 1. The number of nitrogens with two attached hydrogens (primary N) is 1. The van der Waals surface area contributed by atoms with Gasteiger partial charge in [-0.2, -0.15) is 8.42 Å². The number of hydrogen-bond acceptors (Lipinski definition) is 11. The highest BCUT2D eigenvalue weighted by Crippen LogP contribution is 2.47. The summed E-state index contributed by atoms with van der Waals surface area (Å²) in [6, 6.07) is 3.90. The molecule has 5 atom stereocenters. The molecule has 1 aromatic rings. The van der Waals surface area contributed by atoms with Gasteiger partial charge in [0.05, 0.1) is 34.5 Å². The molecule has 16 heteroatoms. The summed E-state index contributed by atoms with van der Waals surface area (Å²) >= 11 is 0. The maximum absolute atomic E-state index is 13.2. The fourth-order valence-electron chi connectivity index (χ4n) is 5.41. The number of nitro groups is 1. The SMILES string of the molecule is C[C@@H](O)[C@H]1C(=O)N2C(C(=O)OC(=O)c3ccc([N+](=O)[O-])cc3)=C(CN3CC[C@H](C(=O)NS(N)(=O)=O)C3)[C@H](C)[C@H]12. The van der Waals surface area contributed by atoms with Crippen LogP contribution >= 0.6 is 0 Å². The van der Waals surface area contributed by atoms with Crippen molar-refractivity contribution in [1.29, 1.82) is 0 Å². The number of ether oxygens (including phenoxy) is 1. The van der Waals surface area contributed by atoms with Crippen LogP contribution in [0.2, 0.25) is 0 Å². The molecule has 15 nitrogen and oxygen atoms in total. The molecule has 2 saturated heterocycles. The Morgan fingerprint density at radius 3 is 2.46 bits per heavy atom. The summed E-state index contributed by atoms with van der Waals surface area (Å²) in [5.74, 6) is -5.27. The third-order valence-electron chi connectivity index (χ3n) is 7.29. The van der Waals surface area contributed by atoms with Crippen molar-refractivity contribution >= 4 is 39.6 Å². The molecular weight excluding hydrogens is 538 g/mol. The molecule has 39 heavy (non-hydrogen) atoms. The van der Waals surface area contributed by atoms with Gasteiger partial charge in [-0.1, -0.05) is 6.92 Å². The number of nitro benzene ring substituents is 1. The first kappa shape index (κ1) is 28.3. The highest BCUT2D eigenvalue weighted by atomic mass is 32.2. The predicted molar refractivity (Wildman–Crippen MR) is 131 cm³/mol. The molecule has 3 heterocycles. The zero-order valence-electron chi connectivity index (χ0n) is 21.0. The Morgan fingerprint density at radius 2 is 1.90 bits per heavy atom. The number of carbonyl (C=O) groups is 4. The lowest BCUT2D eigenvalue weighted by Gasteiger charge is -2.46. The van der Waals surface area contributed by atoms with Gasteiger partial charge in [-0.15, -0.1) is 0 Å². The molecule has 0 bridgehead atoms. The van der Waals surface area contributed by atoms with Crippen LogP contribution in [0.25, 0.3) is 0 Å². The van der Waals surface area contributed by atoms with Crippen LogP contribution in [0, 0.1) is 27.9 Å². The zero-order chi connectivity index (χ0) is 28.8. The minimum Gasteiger partial charge on any atom is -0.393 e. The van der Waals surface area contributed by atoms with Crippen LogP contribution in [0.4, 0.5) is 5.69 Å². The Hall–Kier alpha value is -3.73. The second kappa shape index (κ2) is 10.4. The molecule has 1 aromatic carbocycles. The molecule has 4 rings (SSSR count). The lowest BCUT2D eigenvalue weighted by molar-refractivity contribution is -0.384. The summed E-state index contributed by atoms with van der Waals surface area (Å²) in [5, 5.41) is 25.9. The van der Waals surface area contributed by atoms with Crippen LogP contribution in [0.15, 0.2) is 35.5 Å². The van der Waals surface area contributed by atoms with E-state index in [0.29, 0.717) is 18.5 Å². The molecule has 4 N–H and O–H groups in total. The number of hydrogen-bond donors (Lipinski definition) is 3. The number of nitrogens with one attached hydrogen (secondary N) is 1. The van der Waals surface area contributed by atoms with Gasteiger partial charge in [0.1, 0.15) is 5.70 Å². The van der Waals surface area contributed by atoms with Crippen LogP contribution in [0.5, 0.6) is 0 Å². The minimum absolute atomic E-state index is 0.112. The first-order valence-corrected chi connectivity index (χ1v) is 13.6. The summed E-state index contributed by atoms with van der Waals surface area (Å²) in [7, 11) is -4.22. The van der Waals surface area contributed by atoms with Crippen molar-refractivity contribution in [2.45, 2.75) is 32.4 Å². The fraction of sp³-hybridized carbons (Fsp3) is 0.478. The molecule has 3 aliphatic heterocycles. The lowest BCUT2D eigenvalue weighted by Crippen LogP contribution is -2.63. The van der Waals surface area contributed by atoms with Crippen molar-refractivity contribution in [1.82, 2.24) is 14.5 Å². The maximum Gasteiger partial charge on any atom is 0.362 e. The second-order valence-electron chi connectivity index (χ2n) is 9.84. The average molecular weight is 566 g/mol. The Morgan fingerprint density at radius 1 is 1.26 bits per heavy atom. The number of esters is 2. The van der Waals surface area contributed by atoms with E-state index in [4.69, 9.17) is 9.88 Å². The molecule has 3 aliphatic rings. The van der Waals surface area contributed by atoms with Gasteiger partial charge in [-0.05, 0) is 37.6 Å². The Balaban J connectivity index is 1.56. The normalized spacial score (nSPS) is 25.6. The van der Waals surface area contributed by atoms with Gasteiger partial charge in [0.15, 0.2) is 0 Å². The lowest BCUT2D eigenvalue weighted by atomic mass is 9.77. The molecule has 0 radical (unpaired) electrons. The number of aliphatic hydroxyl groups is 1. The van der Waals surface area contributed by atoms with E-state index >= 15 is 0 Å². The van der Waals surface area contributed by atoms with Gasteiger partial charge >= 0.3 is 11.9 Å². The summed E-state index contributed by atoms with van der Waals surface area (Å²) in [6.07, 6.45) is -0.665. The molecule has 2 fully saturated rings. The first-order valence-electron chi connectivity index (χ1n) is 12.0. The van der Waals surface area contributed by atoms with Crippen molar-refractivity contribution in [3.63, 3.8) is 0 Å². The number of benzene rings is 1. The number of amides is 2. The topological polar surface area (TPSA) is 220 Å². The number of carbonyl (C=O) groups excluding carboxylic acids is 4. The molecule has 0 unspecified atom stereocenters. The molecule has 0 aliphatic carbocycles. The van der Waals surface area contributed by atoms with Gasteiger partial charge in [-0.3, -0.25) is 24.6 Å². The van der Waals surface area contributed by atoms with E-state index < -0.39 is 68.8 Å². The monoisotopic (exact) mass is 565 g/mol. The van der Waals surface area contributed by atoms with Crippen molar-refractivity contribution < 1.29 is 42.4 Å².